The Morgan fingerprint density at radius 3 is 2.58 bits per heavy atom. The summed E-state index contributed by atoms with van der Waals surface area (Å²) >= 11 is 0. The summed E-state index contributed by atoms with van der Waals surface area (Å²) in [5.74, 6) is -1.42. The minimum absolute atomic E-state index is 0.0335. The van der Waals surface area contributed by atoms with E-state index >= 15 is 0 Å². The Hall–Kier alpha value is -2.81. The van der Waals surface area contributed by atoms with Crippen LogP contribution in [0.5, 0.6) is 0 Å². The minimum Gasteiger partial charge on any atom is -0.459 e. The molecule has 1 aromatic carbocycles. The normalized spacial score (nSPS) is 17.1. The van der Waals surface area contributed by atoms with E-state index in [0.717, 1.165) is 18.6 Å². The fourth-order valence-corrected chi connectivity index (χ4v) is 2.56. The van der Waals surface area contributed by atoms with Gasteiger partial charge in [0.25, 0.3) is 11.8 Å². The molecule has 26 heavy (non-hydrogen) atoms. The third-order valence-corrected chi connectivity index (χ3v) is 3.81. The van der Waals surface area contributed by atoms with Crippen LogP contribution >= 0.6 is 0 Å². The molecule has 2 heterocycles. The van der Waals surface area contributed by atoms with Gasteiger partial charge in [0.2, 0.25) is 0 Å². The zero-order valence-electron chi connectivity index (χ0n) is 13.4. The lowest BCUT2D eigenvalue weighted by molar-refractivity contribution is -0.137. The minimum atomic E-state index is -4.73. The van der Waals surface area contributed by atoms with E-state index in [1.165, 1.54) is 24.5 Å². The van der Waals surface area contributed by atoms with Gasteiger partial charge in [-0.3, -0.25) is 9.59 Å². The second kappa shape index (κ2) is 7.20. The molecule has 1 aliphatic rings. The maximum Gasteiger partial charge on any atom is 0.418 e. The average molecular weight is 368 g/mol. The number of benzene rings is 1. The molecule has 2 amide bonds. The molecule has 0 bridgehead atoms. The van der Waals surface area contributed by atoms with Crippen LogP contribution in [-0.2, 0) is 15.7 Å². The van der Waals surface area contributed by atoms with Gasteiger partial charge in [-0.05, 0) is 43.2 Å². The zero-order chi connectivity index (χ0) is 18.7. The van der Waals surface area contributed by atoms with Crippen molar-refractivity contribution >= 4 is 23.2 Å². The SMILES string of the molecule is O=C(Nc1ccc(NC(=O)C2CCCO2)cc1C(F)(F)F)c1ccco1. The Morgan fingerprint density at radius 2 is 1.96 bits per heavy atom. The standard InChI is InChI=1S/C17H15F3N2O4/c18-17(19,20)11-9-10(21-15(23)13-3-1-7-25-13)5-6-12(11)22-16(24)14-4-2-8-26-14/h2,4-6,8-9,13H,1,3,7H2,(H,21,23)(H,22,24). The lowest BCUT2D eigenvalue weighted by Crippen LogP contribution is -2.27. The monoisotopic (exact) mass is 368 g/mol. The number of furan rings is 1. The van der Waals surface area contributed by atoms with E-state index in [2.05, 4.69) is 10.6 Å². The van der Waals surface area contributed by atoms with Crippen molar-refractivity contribution in [2.75, 3.05) is 17.2 Å². The van der Waals surface area contributed by atoms with Crippen LogP contribution in [0.25, 0.3) is 0 Å². The fourth-order valence-electron chi connectivity index (χ4n) is 2.56. The average Bonchev–Trinajstić information content (AvgIpc) is 3.29. The van der Waals surface area contributed by atoms with Crippen molar-refractivity contribution < 1.29 is 31.9 Å². The zero-order valence-corrected chi connectivity index (χ0v) is 13.4. The van der Waals surface area contributed by atoms with Gasteiger partial charge in [-0.15, -0.1) is 0 Å². The van der Waals surface area contributed by atoms with Crippen LogP contribution in [0.1, 0.15) is 29.0 Å². The number of anilines is 2. The Kier molecular flexibility index (Phi) is 4.99. The van der Waals surface area contributed by atoms with Gasteiger partial charge in [-0.25, -0.2) is 0 Å². The Balaban J connectivity index is 1.81. The topological polar surface area (TPSA) is 80.6 Å². The van der Waals surface area contributed by atoms with Gasteiger partial charge >= 0.3 is 6.18 Å². The first-order valence-corrected chi connectivity index (χ1v) is 7.83. The van der Waals surface area contributed by atoms with Crippen LogP contribution < -0.4 is 10.6 Å². The molecule has 9 heteroatoms. The van der Waals surface area contributed by atoms with Crippen LogP contribution in [0.15, 0.2) is 41.0 Å². The molecule has 0 aliphatic carbocycles. The van der Waals surface area contributed by atoms with Crippen molar-refractivity contribution in [2.24, 2.45) is 0 Å². The van der Waals surface area contributed by atoms with Crippen LogP contribution in [0.3, 0.4) is 0 Å². The van der Waals surface area contributed by atoms with Crippen molar-refractivity contribution in [3.05, 3.63) is 47.9 Å². The molecule has 1 unspecified atom stereocenters. The predicted octanol–water partition coefficient (Wildman–Crippen LogP) is 3.67. The van der Waals surface area contributed by atoms with Crippen molar-refractivity contribution in [1.82, 2.24) is 0 Å². The van der Waals surface area contributed by atoms with E-state index in [1.54, 1.807) is 0 Å². The van der Waals surface area contributed by atoms with Gasteiger partial charge in [-0.2, -0.15) is 13.2 Å². The van der Waals surface area contributed by atoms with Gasteiger partial charge < -0.3 is 19.8 Å². The Labute approximate surface area is 146 Å². The molecule has 1 aromatic heterocycles. The van der Waals surface area contributed by atoms with Crippen LogP contribution in [0.4, 0.5) is 24.5 Å². The van der Waals surface area contributed by atoms with Gasteiger partial charge in [0, 0.05) is 12.3 Å². The molecule has 1 atom stereocenters. The number of hydrogen-bond acceptors (Lipinski definition) is 4. The molecule has 0 saturated carbocycles. The molecular formula is C17H15F3N2O4. The van der Waals surface area contributed by atoms with E-state index in [9.17, 15) is 22.8 Å². The van der Waals surface area contributed by atoms with E-state index in [1.807, 2.05) is 0 Å². The van der Waals surface area contributed by atoms with E-state index in [-0.39, 0.29) is 11.4 Å². The van der Waals surface area contributed by atoms with E-state index in [0.29, 0.717) is 13.0 Å². The lowest BCUT2D eigenvalue weighted by Gasteiger charge is -2.16. The molecule has 0 radical (unpaired) electrons. The summed E-state index contributed by atoms with van der Waals surface area (Å²) in [7, 11) is 0. The van der Waals surface area contributed by atoms with Crippen molar-refractivity contribution in [3.63, 3.8) is 0 Å². The maximum atomic E-state index is 13.3. The fraction of sp³-hybridized carbons (Fsp3) is 0.294. The van der Waals surface area contributed by atoms with E-state index in [4.69, 9.17) is 9.15 Å². The summed E-state index contributed by atoms with van der Waals surface area (Å²) in [4.78, 5) is 23.9. The molecule has 1 aliphatic heterocycles. The summed E-state index contributed by atoms with van der Waals surface area (Å²) in [5, 5.41) is 4.57. The second-order valence-corrected chi connectivity index (χ2v) is 5.68. The number of amides is 2. The molecule has 3 rings (SSSR count). The number of rotatable bonds is 4. The molecule has 1 saturated heterocycles. The Bertz CT molecular complexity index is 797. The van der Waals surface area contributed by atoms with Gasteiger partial charge in [0.15, 0.2) is 5.76 Å². The van der Waals surface area contributed by atoms with E-state index < -0.39 is 35.3 Å². The molecule has 2 aromatic rings. The second-order valence-electron chi connectivity index (χ2n) is 5.68. The van der Waals surface area contributed by atoms with Gasteiger partial charge in [0.05, 0.1) is 17.5 Å². The third kappa shape index (κ3) is 4.05. The summed E-state index contributed by atoms with van der Waals surface area (Å²) in [6.07, 6.45) is -2.90. The van der Waals surface area contributed by atoms with Gasteiger partial charge in [-0.1, -0.05) is 0 Å². The number of alkyl halides is 3. The first-order chi connectivity index (χ1) is 12.3. The molecular weight excluding hydrogens is 353 g/mol. The number of halogens is 3. The lowest BCUT2D eigenvalue weighted by atomic mass is 10.1. The van der Waals surface area contributed by atoms with Crippen LogP contribution in [-0.4, -0.2) is 24.5 Å². The maximum absolute atomic E-state index is 13.3. The number of nitrogens with one attached hydrogen (secondary N) is 2. The van der Waals surface area contributed by atoms with Crippen LogP contribution in [0, 0.1) is 0 Å². The predicted molar refractivity (Wildman–Crippen MR) is 85.7 cm³/mol. The Morgan fingerprint density at radius 1 is 1.15 bits per heavy atom. The molecule has 6 nitrogen and oxygen atoms in total. The third-order valence-electron chi connectivity index (χ3n) is 3.81. The van der Waals surface area contributed by atoms with Crippen molar-refractivity contribution in [1.29, 1.82) is 0 Å². The molecule has 138 valence electrons. The molecule has 0 spiro atoms. The van der Waals surface area contributed by atoms with Gasteiger partial charge in [0.1, 0.15) is 6.10 Å². The highest BCUT2D eigenvalue weighted by Crippen LogP contribution is 2.37. The molecule has 2 N–H and O–H groups in total. The molecule has 1 fully saturated rings. The summed E-state index contributed by atoms with van der Waals surface area (Å²) in [6.45, 7) is 0.448. The highest BCUT2D eigenvalue weighted by molar-refractivity contribution is 6.03. The van der Waals surface area contributed by atoms with Crippen molar-refractivity contribution in [3.8, 4) is 0 Å². The highest BCUT2D eigenvalue weighted by atomic mass is 19.4. The first-order valence-electron chi connectivity index (χ1n) is 7.83. The van der Waals surface area contributed by atoms with Crippen LogP contribution in [0.2, 0.25) is 0 Å². The number of ether oxygens (including phenoxy) is 1. The van der Waals surface area contributed by atoms with Crippen molar-refractivity contribution in [2.45, 2.75) is 25.1 Å². The smallest absolute Gasteiger partial charge is 0.418 e. The number of hydrogen-bond donors (Lipinski definition) is 2. The number of carbonyl (C=O) groups excluding carboxylic acids is 2. The highest BCUT2D eigenvalue weighted by Gasteiger charge is 2.35. The largest absolute Gasteiger partial charge is 0.459 e. The summed E-state index contributed by atoms with van der Waals surface area (Å²) < 4.78 is 50.1. The summed E-state index contributed by atoms with van der Waals surface area (Å²) in [6, 6.07) is 5.90. The quantitative estimate of drug-likeness (QED) is 0.863. The summed E-state index contributed by atoms with van der Waals surface area (Å²) in [5.41, 5.74) is -1.55. The number of carbonyl (C=O) groups is 2. The first kappa shape index (κ1) is 18.0.